The number of rotatable bonds is 5. The van der Waals surface area contributed by atoms with Gasteiger partial charge in [0.15, 0.2) is 5.88 Å². The molecule has 1 fully saturated rings. The maximum Gasteiger partial charge on any atom is 0.371 e. The normalized spacial score (nSPS) is 14.8. The molecule has 1 aliphatic heterocycles. The average molecular weight is 252 g/mol. The molecule has 1 saturated heterocycles. The molecule has 6 nitrogen and oxygen atoms in total. The Kier molecular flexibility index (Phi) is 3.86. The summed E-state index contributed by atoms with van der Waals surface area (Å²) in [5.41, 5.74) is 0. The zero-order valence-corrected chi connectivity index (χ0v) is 10.0. The van der Waals surface area contributed by atoms with E-state index in [4.69, 9.17) is 9.52 Å². The Labute approximate surface area is 105 Å². The molecule has 18 heavy (non-hydrogen) atoms. The van der Waals surface area contributed by atoms with Crippen LogP contribution in [0, 0.1) is 0 Å². The smallest absolute Gasteiger partial charge is 0.371 e. The van der Waals surface area contributed by atoms with E-state index in [1.807, 2.05) is 4.90 Å². The molecule has 0 aliphatic carbocycles. The summed E-state index contributed by atoms with van der Waals surface area (Å²) in [5.74, 6) is -0.703. The van der Waals surface area contributed by atoms with Gasteiger partial charge in [-0.2, -0.15) is 0 Å². The summed E-state index contributed by atoms with van der Waals surface area (Å²) in [6, 6.07) is 2.93. The maximum atomic E-state index is 11.7. The Hall–Kier alpha value is -1.98. The van der Waals surface area contributed by atoms with Crippen molar-refractivity contribution in [2.75, 3.05) is 25.0 Å². The minimum atomic E-state index is -1.10. The number of carbonyl (C=O) groups excluding carboxylic acids is 1. The number of carboxylic acids is 1. The lowest BCUT2D eigenvalue weighted by atomic mass is 10.3. The van der Waals surface area contributed by atoms with Crippen LogP contribution in [-0.4, -0.2) is 41.5 Å². The second-order valence-corrected chi connectivity index (χ2v) is 4.23. The third kappa shape index (κ3) is 3.03. The van der Waals surface area contributed by atoms with Crippen molar-refractivity contribution in [1.29, 1.82) is 0 Å². The highest BCUT2D eigenvalue weighted by atomic mass is 16.4. The highest BCUT2D eigenvalue weighted by Gasteiger charge is 2.17. The van der Waals surface area contributed by atoms with Crippen molar-refractivity contribution in [3.8, 4) is 0 Å². The number of likely N-dealkylation sites (tertiary alicyclic amines) is 1. The third-order valence-corrected chi connectivity index (χ3v) is 2.91. The summed E-state index contributed by atoms with van der Waals surface area (Å²) in [6.07, 6.45) is 2.56. The molecule has 2 heterocycles. The van der Waals surface area contributed by atoms with Gasteiger partial charge in [-0.05, 0) is 18.9 Å². The van der Waals surface area contributed by atoms with Gasteiger partial charge in [0.2, 0.25) is 11.7 Å². The van der Waals surface area contributed by atoms with Crippen molar-refractivity contribution in [2.24, 2.45) is 0 Å². The van der Waals surface area contributed by atoms with Gasteiger partial charge in [0.1, 0.15) is 0 Å². The summed E-state index contributed by atoms with van der Waals surface area (Å²) in [7, 11) is 0. The average Bonchev–Trinajstić information content (AvgIpc) is 3.00. The summed E-state index contributed by atoms with van der Waals surface area (Å²) < 4.78 is 5.02. The first-order valence-corrected chi connectivity index (χ1v) is 6.01. The van der Waals surface area contributed by atoms with E-state index in [9.17, 15) is 9.59 Å². The fourth-order valence-electron chi connectivity index (χ4n) is 1.97. The fourth-order valence-corrected chi connectivity index (χ4v) is 1.97. The number of nitrogens with zero attached hydrogens (tertiary/aromatic N) is 1. The Morgan fingerprint density at radius 2 is 2.06 bits per heavy atom. The van der Waals surface area contributed by atoms with Crippen LogP contribution in [0.1, 0.15) is 29.8 Å². The number of carboxylic acid groups (broad SMARTS) is 1. The van der Waals surface area contributed by atoms with E-state index in [0.717, 1.165) is 25.9 Å². The largest absolute Gasteiger partial charge is 0.475 e. The number of anilines is 1. The first-order valence-electron chi connectivity index (χ1n) is 6.01. The van der Waals surface area contributed by atoms with Gasteiger partial charge >= 0.3 is 5.97 Å². The molecule has 2 N–H and O–H groups in total. The van der Waals surface area contributed by atoms with Crippen molar-refractivity contribution in [2.45, 2.75) is 19.3 Å². The van der Waals surface area contributed by atoms with Gasteiger partial charge in [0.05, 0.1) is 0 Å². The van der Waals surface area contributed by atoms with E-state index < -0.39 is 5.97 Å². The van der Waals surface area contributed by atoms with Crippen LogP contribution in [0.4, 0.5) is 5.88 Å². The number of hydrogen-bond acceptors (Lipinski definition) is 4. The first kappa shape index (κ1) is 12.5. The van der Waals surface area contributed by atoms with Crippen LogP contribution in [0.25, 0.3) is 0 Å². The Bertz CT molecular complexity index is 435. The Morgan fingerprint density at radius 3 is 2.67 bits per heavy atom. The van der Waals surface area contributed by atoms with E-state index in [2.05, 4.69) is 5.32 Å². The molecule has 0 spiro atoms. The number of amides is 1. The van der Waals surface area contributed by atoms with Crippen LogP contribution in [-0.2, 0) is 4.79 Å². The van der Waals surface area contributed by atoms with Gasteiger partial charge in [-0.25, -0.2) is 4.79 Å². The highest BCUT2D eigenvalue weighted by Crippen LogP contribution is 2.13. The molecular weight excluding hydrogens is 236 g/mol. The third-order valence-electron chi connectivity index (χ3n) is 2.91. The summed E-state index contributed by atoms with van der Waals surface area (Å²) in [6.45, 7) is 2.15. The van der Waals surface area contributed by atoms with Crippen molar-refractivity contribution in [3.63, 3.8) is 0 Å². The van der Waals surface area contributed by atoms with Gasteiger partial charge < -0.3 is 19.7 Å². The van der Waals surface area contributed by atoms with E-state index in [1.165, 1.54) is 6.07 Å². The van der Waals surface area contributed by atoms with Crippen molar-refractivity contribution in [1.82, 2.24) is 4.90 Å². The topological polar surface area (TPSA) is 82.8 Å². The van der Waals surface area contributed by atoms with Gasteiger partial charge in [-0.3, -0.25) is 4.79 Å². The second kappa shape index (κ2) is 5.57. The SMILES string of the molecule is O=C(O)c1ccc(NCCC(=O)N2CCCC2)o1. The minimum absolute atomic E-state index is 0.108. The molecule has 1 aliphatic rings. The van der Waals surface area contributed by atoms with E-state index in [-0.39, 0.29) is 11.7 Å². The molecule has 0 saturated carbocycles. The Balaban J connectivity index is 1.74. The minimum Gasteiger partial charge on any atom is -0.475 e. The lowest BCUT2D eigenvalue weighted by molar-refractivity contribution is -0.129. The molecule has 1 amide bonds. The molecule has 6 heteroatoms. The summed E-state index contributed by atoms with van der Waals surface area (Å²) in [4.78, 5) is 24.2. The molecule has 0 aromatic carbocycles. The zero-order chi connectivity index (χ0) is 13.0. The van der Waals surface area contributed by atoms with Gasteiger partial charge in [0.25, 0.3) is 0 Å². The van der Waals surface area contributed by atoms with Crippen LogP contribution < -0.4 is 5.32 Å². The van der Waals surface area contributed by atoms with Crippen molar-refractivity contribution in [3.05, 3.63) is 17.9 Å². The predicted octanol–water partition coefficient (Wildman–Crippen LogP) is 1.40. The van der Waals surface area contributed by atoms with Crippen molar-refractivity contribution >= 4 is 17.8 Å². The first-order chi connectivity index (χ1) is 8.66. The van der Waals surface area contributed by atoms with Crippen LogP contribution in [0.3, 0.4) is 0 Å². The summed E-state index contributed by atoms with van der Waals surface area (Å²) in [5, 5.41) is 11.6. The maximum absolute atomic E-state index is 11.7. The number of nitrogens with one attached hydrogen (secondary N) is 1. The van der Waals surface area contributed by atoms with Crippen LogP contribution in [0.2, 0.25) is 0 Å². The molecule has 0 radical (unpaired) electrons. The standard InChI is InChI=1S/C12H16N2O4/c15-11(14-7-1-2-8-14)5-6-13-10-4-3-9(18-10)12(16)17/h3-4,13H,1-2,5-8H2,(H,16,17). The Morgan fingerprint density at radius 1 is 1.33 bits per heavy atom. The second-order valence-electron chi connectivity index (χ2n) is 4.23. The number of furan rings is 1. The van der Waals surface area contributed by atoms with Gasteiger partial charge in [-0.15, -0.1) is 0 Å². The van der Waals surface area contributed by atoms with E-state index >= 15 is 0 Å². The lowest BCUT2D eigenvalue weighted by Gasteiger charge is -2.14. The van der Waals surface area contributed by atoms with E-state index in [1.54, 1.807) is 6.07 Å². The van der Waals surface area contributed by atoms with Gasteiger partial charge in [0, 0.05) is 32.1 Å². The molecule has 98 valence electrons. The molecule has 0 atom stereocenters. The monoisotopic (exact) mass is 252 g/mol. The molecule has 2 rings (SSSR count). The molecule has 0 unspecified atom stereocenters. The number of aromatic carboxylic acids is 1. The molecule has 1 aromatic heterocycles. The van der Waals surface area contributed by atoms with Gasteiger partial charge in [-0.1, -0.05) is 0 Å². The quantitative estimate of drug-likeness (QED) is 0.827. The number of hydrogen-bond donors (Lipinski definition) is 2. The lowest BCUT2D eigenvalue weighted by Crippen LogP contribution is -2.29. The van der Waals surface area contributed by atoms with E-state index in [0.29, 0.717) is 18.8 Å². The summed E-state index contributed by atoms with van der Waals surface area (Å²) >= 11 is 0. The fraction of sp³-hybridized carbons (Fsp3) is 0.500. The molecule has 1 aromatic rings. The molecule has 0 bridgehead atoms. The zero-order valence-electron chi connectivity index (χ0n) is 10.0. The highest BCUT2D eigenvalue weighted by molar-refractivity contribution is 5.84. The van der Waals surface area contributed by atoms with Crippen LogP contribution in [0.15, 0.2) is 16.5 Å². The van der Waals surface area contributed by atoms with Crippen LogP contribution in [0.5, 0.6) is 0 Å². The van der Waals surface area contributed by atoms with Crippen molar-refractivity contribution < 1.29 is 19.1 Å². The number of carbonyl (C=O) groups is 2. The van der Waals surface area contributed by atoms with Crippen LogP contribution >= 0.6 is 0 Å². The predicted molar refractivity (Wildman–Crippen MR) is 64.6 cm³/mol. The molecular formula is C12H16N2O4.